The number of nitrogens with one attached hydrogen (secondary N) is 1. The second-order valence-electron chi connectivity index (χ2n) is 4.20. The average molecular weight is 266 g/mol. The third-order valence-corrected chi connectivity index (χ3v) is 2.77. The Morgan fingerprint density at radius 1 is 1.16 bits per heavy atom. The fourth-order valence-corrected chi connectivity index (χ4v) is 1.69. The summed E-state index contributed by atoms with van der Waals surface area (Å²) in [6.07, 6.45) is -2.66. The van der Waals surface area contributed by atoms with Gasteiger partial charge < -0.3 is 5.32 Å². The van der Waals surface area contributed by atoms with Crippen LogP contribution in [0, 0.1) is 6.92 Å². The Balaban J connectivity index is 2.10. The fourth-order valence-electron chi connectivity index (χ4n) is 1.69. The van der Waals surface area contributed by atoms with E-state index >= 15 is 0 Å². The van der Waals surface area contributed by atoms with E-state index in [1.807, 2.05) is 19.1 Å². The molecule has 0 amide bonds. The molecule has 0 aliphatic heterocycles. The van der Waals surface area contributed by atoms with Gasteiger partial charge in [0.25, 0.3) is 0 Å². The predicted molar refractivity (Wildman–Crippen MR) is 67.7 cm³/mol. The Morgan fingerprint density at radius 3 is 2.63 bits per heavy atom. The van der Waals surface area contributed by atoms with Gasteiger partial charge in [-0.1, -0.05) is 12.1 Å². The summed E-state index contributed by atoms with van der Waals surface area (Å²) in [5.74, 6) is 0. The first-order chi connectivity index (χ1) is 8.97. The number of aromatic nitrogens is 1. The number of pyridine rings is 1. The molecular weight excluding hydrogens is 253 g/mol. The maximum atomic E-state index is 12.6. The number of alkyl halides is 3. The maximum Gasteiger partial charge on any atom is 0.416 e. The number of halogens is 3. The Kier molecular flexibility index (Phi) is 3.74. The van der Waals surface area contributed by atoms with Crippen molar-refractivity contribution in [2.75, 3.05) is 5.32 Å². The Morgan fingerprint density at radius 2 is 1.95 bits per heavy atom. The van der Waals surface area contributed by atoms with Gasteiger partial charge in [0.2, 0.25) is 0 Å². The highest BCUT2D eigenvalue weighted by Crippen LogP contribution is 2.30. The molecule has 0 aliphatic carbocycles. The van der Waals surface area contributed by atoms with Gasteiger partial charge in [-0.15, -0.1) is 0 Å². The van der Waals surface area contributed by atoms with Crippen molar-refractivity contribution in [3.8, 4) is 0 Å². The molecule has 5 heteroatoms. The predicted octanol–water partition coefficient (Wildman–Crippen LogP) is 4.02. The number of benzene rings is 1. The van der Waals surface area contributed by atoms with Crippen LogP contribution in [-0.4, -0.2) is 4.98 Å². The molecule has 2 rings (SSSR count). The molecule has 2 nitrogen and oxygen atoms in total. The second-order valence-corrected chi connectivity index (χ2v) is 4.20. The van der Waals surface area contributed by atoms with Crippen molar-refractivity contribution in [2.24, 2.45) is 0 Å². The van der Waals surface area contributed by atoms with E-state index in [0.29, 0.717) is 12.2 Å². The maximum absolute atomic E-state index is 12.6. The molecule has 100 valence electrons. The van der Waals surface area contributed by atoms with Crippen LogP contribution in [0.5, 0.6) is 0 Å². The smallest absolute Gasteiger partial charge is 0.379 e. The normalized spacial score (nSPS) is 11.4. The molecule has 0 bridgehead atoms. The molecule has 0 radical (unpaired) electrons. The van der Waals surface area contributed by atoms with Gasteiger partial charge in [0.15, 0.2) is 0 Å². The monoisotopic (exact) mass is 266 g/mol. The number of anilines is 1. The summed E-state index contributed by atoms with van der Waals surface area (Å²) >= 11 is 0. The van der Waals surface area contributed by atoms with Gasteiger partial charge >= 0.3 is 6.18 Å². The van der Waals surface area contributed by atoms with Gasteiger partial charge in [0.1, 0.15) is 0 Å². The third kappa shape index (κ3) is 3.47. The van der Waals surface area contributed by atoms with Crippen molar-refractivity contribution in [1.29, 1.82) is 0 Å². The van der Waals surface area contributed by atoms with E-state index < -0.39 is 11.7 Å². The standard InChI is InChI=1S/C14H13F3N2/c1-10-4-3-7-18-13(10)9-19-12-6-2-5-11(8-12)14(15,16)17/h2-8,19H,9H2,1H3. The molecule has 0 spiro atoms. The number of aryl methyl sites for hydroxylation is 1. The molecule has 1 aromatic carbocycles. The van der Waals surface area contributed by atoms with Crippen LogP contribution in [0.3, 0.4) is 0 Å². The topological polar surface area (TPSA) is 24.9 Å². The quantitative estimate of drug-likeness (QED) is 0.907. The minimum Gasteiger partial charge on any atom is -0.379 e. The van der Waals surface area contributed by atoms with Crippen LogP contribution >= 0.6 is 0 Å². The largest absolute Gasteiger partial charge is 0.416 e. The van der Waals surface area contributed by atoms with Crippen molar-refractivity contribution in [3.05, 3.63) is 59.4 Å². The van der Waals surface area contributed by atoms with Crippen LogP contribution in [0.1, 0.15) is 16.8 Å². The average Bonchev–Trinajstić information content (AvgIpc) is 2.37. The SMILES string of the molecule is Cc1cccnc1CNc1cccc(C(F)(F)F)c1. The first-order valence-corrected chi connectivity index (χ1v) is 5.78. The van der Waals surface area contributed by atoms with Crippen molar-refractivity contribution >= 4 is 5.69 Å². The number of hydrogen-bond acceptors (Lipinski definition) is 2. The van der Waals surface area contributed by atoms with Crippen molar-refractivity contribution in [3.63, 3.8) is 0 Å². The Bertz CT molecular complexity index is 565. The molecule has 1 heterocycles. The molecule has 0 aliphatic rings. The molecule has 0 saturated heterocycles. The van der Waals surface area contributed by atoms with Crippen LogP contribution in [0.25, 0.3) is 0 Å². The summed E-state index contributed by atoms with van der Waals surface area (Å²) in [7, 11) is 0. The van der Waals surface area contributed by atoms with Crippen LogP contribution in [0.2, 0.25) is 0 Å². The van der Waals surface area contributed by atoms with Crippen molar-refractivity contribution in [1.82, 2.24) is 4.98 Å². The minimum absolute atomic E-state index is 0.397. The second kappa shape index (κ2) is 5.30. The van der Waals surface area contributed by atoms with Crippen LogP contribution < -0.4 is 5.32 Å². The highest BCUT2D eigenvalue weighted by atomic mass is 19.4. The molecule has 0 saturated carbocycles. The number of nitrogens with zero attached hydrogens (tertiary/aromatic N) is 1. The van der Waals surface area contributed by atoms with Gasteiger partial charge in [-0.3, -0.25) is 4.98 Å². The van der Waals surface area contributed by atoms with Crippen LogP contribution in [0.4, 0.5) is 18.9 Å². The number of rotatable bonds is 3. The number of hydrogen-bond donors (Lipinski definition) is 1. The molecule has 1 N–H and O–H groups in total. The summed E-state index contributed by atoms with van der Waals surface area (Å²) < 4.78 is 37.7. The third-order valence-electron chi connectivity index (χ3n) is 2.77. The summed E-state index contributed by atoms with van der Waals surface area (Å²) in [6.45, 7) is 2.31. The molecule has 0 unspecified atom stereocenters. The Labute approximate surface area is 109 Å². The van der Waals surface area contributed by atoms with Gasteiger partial charge in [-0.05, 0) is 36.8 Å². The first kappa shape index (κ1) is 13.4. The lowest BCUT2D eigenvalue weighted by molar-refractivity contribution is -0.137. The van der Waals surface area contributed by atoms with E-state index in [2.05, 4.69) is 10.3 Å². The van der Waals surface area contributed by atoms with Crippen molar-refractivity contribution in [2.45, 2.75) is 19.6 Å². The Hall–Kier alpha value is -2.04. The zero-order chi connectivity index (χ0) is 13.9. The van der Waals surface area contributed by atoms with Gasteiger partial charge in [0.05, 0.1) is 17.8 Å². The minimum atomic E-state index is -4.32. The lowest BCUT2D eigenvalue weighted by Gasteiger charge is -2.11. The summed E-state index contributed by atoms with van der Waals surface area (Å²) in [4.78, 5) is 4.18. The molecule has 0 fully saturated rings. The highest BCUT2D eigenvalue weighted by Gasteiger charge is 2.30. The van der Waals surface area contributed by atoms with E-state index in [4.69, 9.17) is 0 Å². The molecule has 0 atom stereocenters. The zero-order valence-electron chi connectivity index (χ0n) is 10.3. The molecule has 2 aromatic rings. The van der Waals surface area contributed by atoms with Gasteiger partial charge in [0, 0.05) is 11.9 Å². The highest BCUT2D eigenvalue weighted by molar-refractivity contribution is 5.46. The van der Waals surface area contributed by atoms with E-state index in [-0.39, 0.29) is 0 Å². The van der Waals surface area contributed by atoms with Crippen molar-refractivity contribution < 1.29 is 13.2 Å². The van der Waals surface area contributed by atoms with E-state index in [0.717, 1.165) is 23.4 Å². The van der Waals surface area contributed by atoms with Crippen LogP contribution in [0.15, 0.2) is 42.6 Å². The zero-order valence-corrected chi connectivity index (χ0v) is 10.3. The van der Waals surface area contributed by atoms with E-state index in [9.17, 15) is 13.2 Å². The lowest BCUT2D eigenvalue weighted by atomic mass is 10.2. The summed E-state index contributed by atoms with van der Waals surface area (Å²) in [5.41, 5.74) is 1.59. The fraction of sp³-hybridized carbons (Fsp3) is 0.214. The molecule has 19 heavy (non-hydrogen) atoms. The van der Waals surface area contributed by atoms with Gasteiger partial charge in [-0.25, -0.2) is 0 Å². The lowest BCUT2D eigenvalue weighted by Crippen LogP contribution is -2.07. The summed E-state index contributed by atoms with van der Waals surface area (Å²) in [5, 5.41) is 2.95. The summed E-state index contributed by atoms with van der Waals surface area (Å²) in [6, 6.07) is 8.87. The van der Waals surface area contributed by atoms with E-state index in [1.165, 1.54) is 6.07 Å². The van der Waals surface area contributed by atoms with Crippen LogP contribution in [-0.2, 0) is 12.7 Å². The molecule has 1 aromatic heterocycles. The first-order valence-electron chi connectivity index (χ1n) is 5.78. The molecular formula is C14H13F3N2. The van der Waals surface area contributed by atoms with Gasteiger partial charge in [-0.2, -0.15) is 13.2 Å². The van der Waals surface area contributed by atoms with E-state index in [1.54, 1.807) is 12.3 Å².